The van der Waals surface area contributed by atoms with E-state index >= 15 is 0 Å². The topological polar surface area (TPSA) is 123 Å². The van der Waals surface area contributed by atoms with Crippen LogP contribution in [0.25, 0.3) is 5.69 Å². The lowest BCUT2D eigenvalue weighted by molar-refractivity contribution is 0.0795. The van der Waals surface area contributed by atoms with Crippen molar-refractivity contribution in [2.24, 2.45) is 0 Å². The number of hydrogen-bond acceptors (Lipinski definition) is 7. The van der Waals surface area contributed by atoms with Crippen LogP contribution in [0, 0.1) is 0 Å². The lowest BCUT2D eigenvalue weighted by Crippen LogP contribution is -2.29. The van der Waals surface area contributed by atoms with Crippen LogP contribution >= 0.6 is 0 Å². The summed E-state index contributed by atoms with van der Waals surface area (Å²) < 4.78 is 30.5. The fourth-order valence-electron chi connectivity index (χ4n) is 3.05. The molecule has 0 spiro atoms. The molecule has 1 aliphatic rings. The fourth-order valence-corrected chi connectivity index (χ4v) is 4.40. The Morgan fingerprint density at radius 3 is 2.84 bits per heavy atom. The molecule has 0 saturated carbocycles. The Bertz CT molecular complexity index is 1080. The third-order valence-electron chi connectivity index (χ3n) is 4.64. The van der Waals surface area contributed by atoms with Gasteiger partial charge >= 0.3 is 0 Å². The first-order valence-corrected chi connectivity index (χ1v) is 11.7. The second-order valence-electron chi connectivity index (χ2n) is 7.02. The zero-order chi connectivity index (χ0) is 22.4. The molecule has 1 saturated heterocycles. The van der Waals surface area contributed by atoms with E-state index in [1.165, 1.54) is 15.8 Å². The molecule has 0 unspecified atom stereocenters. The van der Waals surface area contributed by atoms with Crippen molar-refractivity contribution < 1.29 is 22.7 Å². The Morgan fingerprint density at radius 2 is 2.16 bits per heavy atom. The minimum atomic E-state index is -3.25. The SMILES string of the molecule is C=CCCCOc1cc(C(=O)NCC)ccc1-n1cc(C(=O)N2CCS(=O)(=O)C2)nn1. The van der Waals surface area contributed by atoms with Gasteiger partial charge in [0.15, 0.2) is 15.5 Å². The average molecular weight is 448 g/mol. The number of hydrogen-bond donors (Lipinski definition) is 1. The van der Waals surface area contributed by atoms with Crippen molar-refractivity contribution in [3.8, 4) is 11.4 Å². The van der Waals surface area contributed by atoms with Gasteiger partial charge in [0.1, 0.15) is 17.3 Å². The highest BCUT2D eigenvalue weighted by molar-refractivity contribution is 7.91. The molecule has 1 N–H and O–H groups in total. The molecule has 2 amide bonds. The smallest absolute Gasteiger partial charge is 0.276 e. The molecular weight excluding hydrogens is 422 g/mol. The second kappa shape index (κ2) is 9.73. The van der Waals surface area contributed by atoms with Crippen LogP contribution in [0.2, 0.25) is 0 Å². The largest absolute Gasteiger partial charge is 0.491 e. The minimum absolute atomic E-state index is 0.0301. The molecule has 0 aliphatic carbocycles. The third-order valence-corrected chi connectivity index (χ3v) is 6.15. The maximum absolute atomic E-state index is 12.6. The van der Waals surface area contributed by atoms with Gasteiger partial charge in [-0.2, -0.15) is 0 Å². The molecule has 0 bridgehead atoms. The molecule has 1 aliphatic heterocycles. The molecule has 11 heteroatoms. The summed E-state index contributed by atoms with van der Waals surface area (Å²) in [6.45, 7) is 6.55. The van der Waals surface area contributed by atoms with Gasteiger partial charge in [0.05, 0.1) is 18.6 Å². The highest BCUT2D eigenvalue weighted by atomic mass is 32.2. The van der Waals surface area contributed by atoms with Crippen molar-refractivity contribution in [2.75, 3.05) is 31.3 Å². The van der Waals surface area contributed by atoms with Crippen LogP contribution in [0.1, 0.15) is 40.6 Å². The number of carbonyl (C=O) groups is 2. The predicted molar refractivity (Wildman–Crippen MR) is 114 cm³/mol. The molecule has 3 rings (SSSR count). The molecule has 10 nitrogen and oxygen atoms in total. The van der Waals surface area contributed by atoms with E-state index in [1.807, 2.05) is 6.92 Å². The van der Waals surface area contributed by atoms with E-state index < -0.39 is 15.7 Å². The maximum atomic E-state index is 12.6. The van der Waals surface area contributed by atoms with Crippen molar-refractivity contribution in [1.82, 2.24) is 25.2 Å². The normalized spacial score (nSPS) is 14.9. The first-order chi connectivity index (χ1) is 14.8. The van der Waals surface area contributed by atoms with Crippen molar-refractivity contribution in [2.45, 2.75) is 19.8 Å². The number of sulfone groups is 1. The van der Waals surface area contributed by atoms with Gasteiger partial charge in [-0.15, -0.1) is 11.7 Å². The van der Waals surface area contributed by atoms with Crippen molar-refractivity contribution >= 4 is 21.7 Å². The Hall–Kier alpha value is -3.21. The van der Waals surface area contributed by atoms with E-state index in [2.05, 4.69) is 22.2 Å². The number of benzene rings is 1. The Morgan fingerprint density at radius 1 is 1.35 bits per heavy atom. The van der Waals surface area contributed by atoms with Gasteiger partial charge in [-0.3, -0.25) is 9.59 Å². The number of nitrogens with zero attached hydrogens (tertiary/aromatic N) is 4. The molecule has 31 heavy (non-hydrogen) atoms. The van der Waals surface area contributed by atoms with Gasteiger partial charge in [-0.25, -0.2) is 13.1 Å². The lowest BCUT2D eigenvalue weighted by Gasteiger charge is -2.13. The zero-order valence-electron chi connectivity index (χ0n) is 17.3. The standard InChI is InChI=1S/C20H25N5O5S/c1-3-5-6-10-30-18-12-15(19(26)21-4-2)7-8-17(18)25-13-16(22-23-25)20(27)24-9-11-31(28,29)14-24/h3,7-8,12-13H,1,4-6,9-11,14H2,2H3,(H,21,26). The Labute approximate surface area is 180 Å². The van der Waals surface area contributed by atoms with Crippen molar-refractivity contribution in [3.05, 3.63) is 48.3 Å². The zero-order valence-corrected chi connectivity index (χ0v) is 18.1. The number of amides is 2. The molecule has 166 valence electrons. The van der Waals surface area contributed by atoms with E-state index in [1.54, 1.807) is 24.3 Å². The van der Waals surface area contributed by atoms with Gasteiger partial charge in [0.2, 0.25) is 0 Å². The number of ether oxygens (including phenoxy) is 1. The van der Waals surface area contributed by atoms with Crippen LogP contribution < -0.4 is 10.1 Å². The summed E-state index contributed by atoms with van der Waals surface area (Å²) in [5.74, 6) is -0.691. The van der Waals surface area contributed by atoms with Crippen LogP contribution in [-0.2, 0) is 9.84 Å². The number of aromatic nitrogens is 3. The number of allylic oxidation sites excluding steroid dienone is 1. The van der Waals surface area contributed by atoms with Gasteiger partial charge in [0.25, 0.3) is 11.8 Å². The Balaban J connectivity index is 1.85. The number of rotatable bonds is 9. The van der Waals surface area contributed by atoms with Gasteiger partial charge in [0, 0.05) is 18.7 Å². The van der Waals surface area contributed by atoms with Crippen LogP contribution in [-0.4, -0.2) is 71.5 Å². The van der Waals surface area contributed by atoms with Crippen LogP contribution in [0.15, 0.2) is 37.1 Å². The molecular formula is C20H25N5O5S. The highest BCUT2D eigenvalue weighted by Gasteiger charge is 2.31. The summed E-state index contributed by atoms with van der Waals surface area (Å²) in [6.07, 6.45) is 4.75. The van der Waals surface area contributed by atoms with Gasteiger partial charge in [-0.1, -0.05) is 11.3 Å². The summed E-state index contributed by atoms with van der Waals surface area (Å²) in [5, 5.41) is 10.6. The van der Waals surface area contributed by atoms with E-state index in [0.29, 0.717) is 30.2 Å². The summed E-state index contributed by atoms with van der Waals surface area (Å²) in [6, 6.07) is 4.91. The van der Waals surface area contributed by atoms with E-state index in [-0.39, 0.29) is 29.8 Å². The summed E-state index contributed by atoms with van der Waals surface area (Å²) in [5.41, 5.74) is 0.970. The van der Waals surface area contributed by atoms with Crippen LogP contribution in [0.5, 0.6) is 5.75 Å². The molecule has 1 aromatic heterocycles. The van der Waals surface area contributed by atoms with E-state index in [0.717, 1.165) is 12.8 Å². The van der Waals surface area contributed by atoms with Gasteiger partial charge in [-0.05, 0) is 38.0 Å². The first kappa shape index (κ1) is 22.5. The van der Waals surface area contributed by atoms with Crippen molar-refractivity contribution in [3.63, 3.8) is 0 Å². The number of unbranched alkanes of at least 4 members (excludes halogenated alkanes) is 1. The molecule has 1 fully saturated rings. The van der Waals surface area contributed by atoms with E-state index in [9.17, 15) is 18.0 Å². The second-order valence-corrected chi connectivity index (χ2v) is 9.17. The maximum Gasteiger partial charge on any atom is 0.276 e. The quantitative estimate of drug-likeness (QED) is 0.452. The molecule has 2 heterocycles. The predicted octanol–water partition coefficient (Wildman–Crippen LogP) is 1.19. The minimum Gasteiger partial charge on any atom is -0.491 e. The lowest BCUT2D eigenvalue weighted by atomic mass is 10.1. The van der Waals surface area contributed by atoms with Crippen molar-refractivity contribution in [1.29, 1.82) is 0 Å². The van der Waals surface area contributed by atoms with Gasteiger partial charge < -0.3 is 15.0 Å². The molecule has 2 aromatic rings. The monoisotopic (exact) mass is 447 g/mol. The highest BCUT2D eigenvalue weighted by Crippen LogP contribution is 2.25. The summed E-state index contributed by atoms with van der Waals surface area (Å²) >= 11 is 0. The van der Waals surface area contributed by atoms with Crippen LogP contribution in [0.4, 0.5) is 0 Å². The average Bonchev–Trinajstić information content (AvgIpc) is 3.37. The van der Waals surface area contributed by atoms with Crippen LogP contribution in [0.3, 0.4) is 0 Å². The van der Waals surface area contributed by atoms with E-state index in [4.69, 9.17) is 4.74 Å². The fraction of sp³-hybridized carbons (Fsp3) is 0.400. The number of nitrogens with one attached hydrogen (secondary N) is 1. The Kier molecular flexibility index (Phi) is 7.06. The summed E-state index contributed by atoms with van der Waals surface area (Å²) in [7, 11) is -3.25. The number of carbonyl (C=O) groups excluding carboxylic acids is 2. The molecule has 0 radical (unpaired) electrons. The molecule has 0 atom stereocenters. The molecule has 1 aromatic carbocycles. The first-order valence-electron chi connectivity index (χ1n) is 9.93. The summed E-state index contributed by atoms with van der Waals surface area (Å²) in [4.78, 5) is 26.0. The third kappa shape index (κ3) is 5.48.